The Hall–Kier alpha value is -6.44. The van der Waals surface area contributed by atoms with Crippen LogP contribution < -0.4 is 49.1 Å². The molecule has 0 unspecified atom stereocenters. The third kappa shape index (κ3) is 17.3. The zero-order valence-corrected chi connectivity index (χ0v) is 30.4. The van der Waals surface area contributed by atoms with Gasteiger partial charge in [0.2, 0.25) is 47.3 Å². The fourth-order valence-electron chi connectivity index (χ4n) is 4.72. The molecule has 0 spiro atoms. The van der Waals surface area contributed by atoms with Crippen LogP contribution in [0, 0.1) is 0 Å². The summed E-state index contributed by atoms with van der Waals surface area (Å²) in [7, 11) is 0. The number of amides is 8. The van der Waals surface area contributed by atoms with E-state index in [0.717, 1.165) is 6.92 Å². The highest BCUT2D eigenvalue weighted by Gasteiger charge is 2.35. The molecular weight excluding hydrogens is 766 g/mol. The van der Waals surface area contributed by atoms with Crippen LogP contribution in [-0.4, -0.2) is 151 Å². The van der Waals surface area contributed by atoms with Crippen molar-refractivity contribution in [2.45, 2.75) is 87.4 Å². The molecule has 0 heterocycles. The van der Waals surface area contributed by atoms with Crippen molar-refractivity contribution in [1.29, 1.82) is 0 Å². The standard InChI is InChI=1S/C32H47N9O16/c1-13(44)25(32(56)57)41-31(55)21(12-43)39-27(51)17(6-7-22(34)46)36-30(54)20(11-42)40-29(53)19(10-23(35)47)38-28(52)18(8-14-2-4-15(45)5-3-14)37-26(50)16(33)9-24(48)49/h2-5,13,16-21,25,42-45H,6-12,33H2,1H3,(H2,34,46)(H2,35,47)(H,36,54)(H,37,50)(H,38,52)(H,39,51)(H,40,53)(H,41,55)(H,48,49)(H,56,57)/t13-,16+,17+,18+,19+,20+,21+,25+/m1/s1. The number of carbonyl (C=O) groups excluding carboxylic acids is 8. The van der Waals surface area contributed by atoms with Gasteiger partial charge in [-0.3, -0.25) is 43.2 Å². The summed E-state index contributed by atoms with van der Waals surface area (Å²) in [6.45, 7) is -1.25. The van der Waals surface area contributed by atoms with Gasteiger partial charge in [-0.15, -0.1) is 0 Å². The molecule has 8 atom stereocenters. The van der Waals surface area contributed by atoms with Crippen molar-refractivity contribution in [2.75, 3.05) is 13.2 Å². The summed E-state index contributed by atoms with van der Waals surface area (Å²) in [5, 5.41) is 69.6. The number of phenols is 1. The molecular formula is C32H47N9O16. The van der Waals surface area contributed by atoms with E-state index in [1.807, 2.05) is 16.0 Å². The van der Waals surface area contributed by atoms with E-state index < -0.39 is 146 Å². The molecule has 57 heavy (non-hydrogen) atoms. The lowest BCUT2D eigenvalue weighted by molar-refractivity contribution is -0.145. The summed E-state index contributed by atoms with van der Waals surface area (Å²) in [4.78, 5) is 124. The number of hydrogen-bond donors (Lipinski definition) is 15. The Morgan fingerprint density at radius 2 is 1.05 bits per heavy atom. The molecule has 8 amide bonds. The summed E-state index contributed by atoms with van der Waals surface area (Å²) in [6, 6.07) is -7.25. The highest BCUT2D eigenvalue weighted by molar-refractivity contribution is 5.98. The number of aliphatic hydroxyl groups is 3. The number of nitrogens with one attached hydrogen (secondary N) is 6. The van der Waals surface area contributed by atoms with Crippen molar-refractivity contribution in [1.82, 2.24) is 31.9 Å². The lowest BCUT2D eigenvalue weighted by Gasteiger charge is -2.26. The Morgan fingerprint density at radius 3 is 1.51 bits per heavy atom. The molecule has 0 aliphatic rings. The predicted molar refractivity (Wildman–Crippen MR) is 189 cm³/mol. The largest absolute Gasteiger partial charge is 0.508 e. The Morgan fingerprint density at radius 1 is 0.614 bits per heavy atom. The molecule has 25 nitrogen and oxygen atoms in total. The van der Waals surface area contributed by atoms with Crippen molar-refractivity contribution in [2.24, 2.45) is 17.2 Å². The zero-order valence-electron chi connectivity index (χ0n) is 30.4. The van der Waals surface area contributed by atoms with Crippen LogP contribution in [0.3, 0.4) is 0 Å². The number of carboxylic acid groups (broad SMARTS) is 2. The van der Waals surface area contributed by atoms with Crippen molar-refractivity contribution < 1.29 is 78.6 Å². The van der Waals surface area contributed by atoms with E-state index in [-0.39, 0.29) is 12.2 Å². The summed E-state index contributed by atoms with van der Waals surface area (Å²) < 4.78 is 0. The normalized spacial score (nSPS) is 15.0. The number of rotatable bonds is 25. The average molecular weight is 814 g/mol. The highest BCUT2D eigenvalue weighted by atomic mass is 16.4. The van der Waals surface area contributed by atoms with Crippen molar-refractivity contribution >= 4 is 59.2 Å². The van der Waals surface area contributed by atoms with E-state index in [9.17, 15) is 73.5 Å². The number of aromatic hydroxyl groups is 1. The Labute approximate surface area is 323 Å². The third-order valence-corrected chi connectivity index (χ3v) is 7.77. The molecule has 18 N–H and O–H groups in total. The van der Waals surface area contributed by atoms with Crippen LogP contribution in [0.5, 0.6) is 5.75 Å². The van der Waals surface area contributed by atoms with E-state index in [2.05, 4.69) is 16.0 Å². The van der Waals surface area contributed by atoms with Crippen molar-refractivity contribution in [3.8, 4) is 5.75 Å². The maximum absolute atomic E-state index is 13.5. The summed E-state index contributed by atoms with van der Waals surface area (Å²) in [5.74, 6) is -12.7. The van der Waals surface area contributed by atoms with Gasteiger partial charge in [0.25, 0.3) is 0 Å². The maximum Gasteiger partial charge on any atom is 0.328 e. The molecule has 1 rings (SSSR count). The second-order valence-electron chi connectivity index (χ2n) is 12.5. The molecule has 0 aliphatic heterocycles. The number of hydrogen-bond acceptors (Lipinski definition) is 15. The van der Waals surface area contributed by atoms with Gasteiger partial charge in [-0.05, 0) is 31.0 Å². The summed E-state index contributed by atoms with van der Waals surface area (Å²) >= 11 is 0. The number of carboxylic acids is 2. The molecule has 0 fully saturated rings. The fraction of sp³-hybridized carbons (Fsp3) is 0.500. The number of carbonyl (C=O) groups is 10. The van der Waals surface area contributed by atoms with Gasteiger partial charge in [-0.25, -0.2) is 4.79 Å². The van der Waals surface area contributed by atoms with E-state index >= 15 is 0 Å². The molecule has 1 aromatic rings. The minimum Gasteiger partial charge on any atom is -0.508 e. The summed E-state index contributed by atoms with van der Waals surface area (Å²) in [5.41, 5.74) is 16.4. The topological polar surface area (TPSA) is 442 Å². The lowest BCUT2D eigenvalue weighted by Crippen LogP contribution is -2.61. The van der Waals surface area contributed by atoms with Crippen LogP contribution in [-0.2, 0) is 54.4 Å². The number of nitrogens with two attached hydrogens (primary N) is 3. The molecule has 25 heteroatoms. The minimum absolute atomic E-state index is 0.144. The first-order chi connectivity index (χ1) is 26.6. The van der Waals surface area contributed by atoms with Gasteiger partial charge < -0.3 is 79.7 Å². The minimum atomic E-state index is -1.95. The molecule has 0 bridgehead atoms. The van der Waals surface area contributed by atoms with Crippen LogP contribution in [0.25, 0.3) is 0 Å². The monoisotopic (exact) mass is 813 g/mol. The van der Waals surface area contributed by atoms with Gasteiger partial charge in [-0.2, -0.15) is 0 Å². The van der Waals surface area contributed by atoms with E-state index in [4.69, 9.17) is 22.3 Å². The molecule has 316 valence electrons. The van der Waals surface area contributed by atoms with Crippen molar-refractivity contribution in [3.63, 3.8) is 0 Å². The highest BCUT2D eigenvalue weighted by Crippen LogP contribution is 2.12. The van der Waals surface area contributed by atoms with E-state index in [1.165, 1.54) is 24.3 Å². The third-order valence-electron chi connectivity index (χ3n) is 7.77. The van der Waals surface area contributed by atoms with Gasteiger partial charge in [-0.1, -0.05) is 12.1 Å². The number of aliphatic hydroxyl groups excluding tert-OH is 3. The number of aliphatic carboxylic acids is 2. The van der Waals surface area contributed by atoms with Gasteiger partial charge >= 0.3 is 11.9 Å². The fourth-order valence-corrected chi connectivity index (χ4v) is 4.72. The number of phenolic OH excluding ortho intramolecular Hbond substituents is 1. The van der Waals surface area contributed by atoms with Crippen LogP contribution in [0.2, 0.25) is 0 Å². The molecule has 0 saturated heterocycles. The molecule has 0 aromatic heterocycles. The summed E-state index contributed by atoms with van der Waals surface area (Å²) in [6.07, 6.45) is -4.76. The first kappa shape index (κ1) is 48.6. The first-order valence-electron chi connectivity index (χ1n) is 16.9. The number of benzene rings is 1. The Bertz CT molecular complexity index is 1640. The van der Waals surface area contributed by atoms with Gasteiger partial charge in [0.05, 0.1) is 38.2 Å². The van der Waals surface area contributed by atoms with Crippen LogP contribution >= 0.6 is 0 Å². The molecule has 1 aromatic carbocycles. The quantitative estimate of drug-likeness (QED) is 0.0436. The second kappa shape index (κ2) is 23.5. The maximum atomic E-state index is 13.5. The molecule has 0 saturated carbocycles. The first-order valence-corrected chi connectivity index (χ1v) is 16.9. The van der Waals surface area contributed by atoms with E-state index in [0.29, 0.717) is 5.56 Å². The average Bonchev–Trinajstić information content (AvgIpc) is 3.12. The zero-order chi connectivity index (χ0) is 43.6. The van der Waals surface area contributed by atoms with Gasteiger partial charge in [0, 0.05) is 12.8 Å². The number of primary amides is 2. The second-order valence-corrected chi connectivity index (χ2v) is 12.5. The predicted octanol–water partition coefficient (Wildman–Crippen LogP) is -7.76. The lowest BCUT2D eigenvalue weighted by atomic mass is 10.0. The van der Waals surface area contributed by atoms with E-state index in [1.54, 1.807) is 0 Å². The Balaban J connectivity index is 3.27. The van der Waals surface area contributed by atoms with Crippen LogP contribution in [0.4, 0.5) is 0 Å². The van der Waals surface area contributed by atoms with Crippen LogP contribution in [0.15, 0.2) is 24.3 Å². The van der Waals surface area contributed by atoms with Crippen molar-refractivity contribution in [3.05, 3.63) is 29.8 Å². The Kier molecular flexibility index (Phi) is 20.0. The van der Waals surface area contributed by atoms with Gasteiger partial charge in [0.1, 0.15) is 36.0 Å². The SMILES string of the molecule is C[C@@H](O)[C@H](NC(=O)[C@H](CO)NC(=O)[C@H](CCC(N)=O)NC(=O)[C@H](CO)NC(=O)[C@H](CC(N)=O)NC(=O)[C@H](Cc1ccc(O)cc1)NC(=O)[C@@H](N)CC(=O)O)C(=O)O. The van der Waals surface area contributed by atoms with Gasteiger partial charge in [0.15, 0.2) is 6.04 Å². The van der Waals surface area contributed by atoms with Crippen LogP contribution in [0.1, 0.15) is 38.2 Å². The smallest absolute Gasteiger partial charge is 0.328 e. The molecule has 0 radical (unpaired) electrons. The molecule has 0 aliphatic carbocycles.